The first-order valence-corrected chi connectivity index (χ1v) is 29.9. The third-order valence-electron chi connectivity index (χ3n) is 12.5. The topological polar surface area (TPSA) is 78.9 Å². The summed E-state index contributed by atoms with van der Waals surface area (Å²) in [4.78, 5) is 38.1. The average Bonchev–Trinajstić information content (AvgIpc) is 3.38. The van der Waals surface area contributed by atoms with E-state index >= 15 is 0 Å². The predicted molar refractivity (Wildman–Crippen MR) is 311 cm³/mol. The molecule has 0 aliphatic carbocycles. The number of carbonyl (C=O) groups is 3. The molecule has 0 aromatic rings. The van der Waals surface area contributed by atoms with Gasteiger partial charge in [-0.1, -0.05) is 259 Å². The van der Waals surface area contributed by atoms with Crippen LogP contribution in [0.4, 0.5) is 0 Å². The molecule has 0 radical (unpaired) electrons. The molecule has 0 saturated heterocycles. The molecule has 72 heavy (non-hydrogen) atoms. The second-order valence-corrected chi connectivity index (χ2v) is 19.5. The number of hydrogen-bond donors (Lipinski definition) is 0. The molecule has 0 bridgehead atoms. The Morgan fingerprint density at radius 1 is 0.292 bits per heavy atom. The smallest absolute Gasteiger partial charge is 0.306 e. The maximum Gasteiger partial charge on any atom is 0.306 e. The molecule has 1 unspecified atom stereocenters. The van der Waals surface area contributed by atoms with Crippen LogP contribution in [-0.2, 0) is 28.6 Å². The van der Waals surface area contributed by atoms with Gasteiger partial charge in [0.15, 0.2) is 6.10 Å². The Bertz CT molecular complexity index is 1470. The molecule has 0 fully saturated rings. The van der Waals surface area contributed by atoms with E-state index in [-0.39, 0.29) is 31.1 Å². The van der Waals surface area contributed by atoms with E-state index in [0.717, 1.165) is 135 Å². The molecule has 0 spiro atoms. The summed E-state index contributed by atoms with van der Waals surface area (Å²) >= 11 is 0. The van der Waals surface area contributed by atoms with Crippen molar-refractivity contribution in [3.8, 4) is 0 Å². The zero-order chi connectivity index (χ0) is 52.2. The molecule has 0 rings (SSSR count). The highest BCUT2D eigenvalue weighted by Gasteiger charge is 2.19. The molecule has 0 aliphatic heterocycles. The van der Waals surface area contributed by atoms with Gasteiger partial charge in [0, 0.05) is 19.3 Å². The minimum Gasteiger partial charge on any atom is -0.462 e. The van der Waals surface area contributed by atoms with Gasteiger partial charge in [0.2, 0.25) is 0 Å². The fourth-order valence-corrected chi connectivity index (χ4v) is 8.11. The Kier molecular flexibility index (Phi) is 56.4. The summed E-state index contributed by atoms with van der Waals surface area (Å²) in [5.41, 5.74) is 0. The highest BCUT2D eigenvalue weighted by Crippen LogP contribution is 2.15. The summed E-state index contributed by atoms with van der Waals surface area (Å²) in [6.07, 6.45) is 81.0. The van der Waals surface area contributed by atoms with Gasteiger partial charge in [-0.05, 0) is 103 Å². The third-order valence-corrected chi connectivity index (χ3v) is 12.5. The summed E-state index contributed by atoms with van der Waals surface area (Å²) in [5, 5.41) is 0. The van der Waals surface area contributed by atoms with E-state index in [1.165, 1.54) is 96.3 Å². The highest BCUT2D eigenvalue weighted by molar-refractivity contribution is 5.71. The lowest BCUT2D eigenvalue weighted by Crippen LogP contribution is -2.30. The van der Waals surface area contributed by atoms with E-state index < -0.39 is 6.10 Å². The van der Waals surface area contributed by atoms with Crippen LogP contribution in [0.5, 0.6) is 0 Å². The Balaban J connectivity index is 4.25. The molecule has 0 aromatic heterocycles. The fourth-order valence-electron chi connectivity index (χ4n) is 8.11. The lowest BCUT2D eigenvalue weighted by molar-refractivity contribution is -0.167. The fraction of sp³-hybridized carbons (Fsp3) is 0.682. The van der Waals surface area contributed by atoms with E-state index in [0.29, 0.717) is 19.3 Å². The number of allylic oxidation sites excluding steroid dienone is 18. The van der Waals surface area contributed by atoms with Crippen molar-refractivity contribution in [3.05, 3.63) is 109 Å². The van der Waals surface area contributed by atoms with Crippen molar-refractivity contribution in [1.82, 2.24) is 0 Å². The Morgan fingerprint density at radius 3 is 0.847 bits per heavy atom. The summed E-state index contributed by atoms with van der Waals surface area (Å²) < 4.78 is 16.8. The summed E-state index contributed by atoms with van der Waals surface area (Å²) in [5.74, 6) is -0.908. The van der Waals surface area contributed by atoms with Crippen LogP contribution in [-0.4, -0.2) is 37.2 Å². The van der Waals surface area contributed by atoms with Gasteiger partial charge in [-0.2, -0.15) is 0 Å². The van der Waals surface area contributed by atoms with E-state index in [1.807, 2.05) is 0 Å². The van der Waals surface area contributed by atoms with E-state index in [1.54, 1.807) is 0 Å². The minimum absolute atomic E-state index is 0.0860. The molecule has 0 aliphatic rings. The standard InChI is InChI=1S/C66H110O6/c1-4-7-10-13-16-19-21-23-25-27-29-31-32-33-34-36-37-39-41-43-45-47-50-53-56-59-65(68)71-62-63(61-70-64(67)58-55-52-49-18-15-12-9-6-3)72-66(69)60-57-54-51-48-46-44-42-40-38-35-30-28-26-24-22-20-17-14-11-8-5-2/h7-8,10-11,16-17,19-20,23-26,29-31,35,40,42,63H,4-6,9,12-15,18,21-22,27-28,32-34,36-39,41,43-62H2,1-3H3/b10-7-,11-8-,19-16-,20-17-,25-23-,26-24-,31-29-,35-30-,42-40-. The maximum absolute atomic E-state index is 12.8. The van der Waals surface area contributed by atoms with Gasteiger partial charge in [0.25, 0.3) is 0 Å². The molecule has 6 heteroatoms. The quantitative estimate of drug-likeness (QED) is 0.0261. The lowest BCUT2D eigenvalue weighted by atomic mass is 10.0. The van der Waals surface area contributed by atoms with Crippen LogP contribution < -0.4 is 0 Å². The van der Waals surface area contributed by atoms with Crippen LogP contribution in [0.1, 0.15) is 271 Å². The molecule has 0 saturated carbocycles. The van der Waals surface area contributed by atoms with Crippen LogP contribution in [0.3, 0.4) is 0 Å². The predicted octanol–water partition coefficient (Wildman–Crippen LogP) is 20.3. The molecule has 6 nitrogen and oxygen atoms in total. The van der Waals surface area contributed by atoms with Crippen molar-refractivity contribution >= 4 is 17.9 Å². The van der Waals surface area contributed by atoms with Crippen LogP contribution in [0.15, 0.2) is 109 Å². The summed E-state index contributed by atoms with van der Waals surface area (Å²) in [6, 6.07) is 0. The summed E-state index contributed by atoms with van der Waals surface area (Å²) in [7, 11) is 0. The molecule has 410 valence electrons. The molecule has 0 heterocycles. The van der Waals surface area contributed by atoms with Gasteiger partial charge in [-0.25, -0.2) is 0 Å². The van der Waals surface area contributed by atoms with Crippen LogP contribution >= 0.6 is 0 Å². The van der Waals surface area contributed by atoms with Crippen molar-refractivity contribution in [2.24, 2.45) is 0 Å². The van der Waals surface area contributed by atoms with Gasteiger partial charge in [-0.3, -0.25) is 14.4 Å². The number of ether oxygens (including phenoxy) is 3. The van der Waals surface area contributed by atoms with Gasteiger partial charge in [-0.15, -0.1) is 0 Å². The molecular formula is C66H110O6. The lowest BCUT2D eigenvalue weighted by Gasteiger charge is -2.18. The van der Waals surface area contributed by atoms with E-state index in [4.69, 9.17) is 14.2 Å². The van der Waals surface area contributed by atoms with Gasteiger partial charge in [0.05, 0.1) is 0 Å². The highest BCUT2D eigenvalue weighted by atomic mass is 16.6. The summed E-state index contributed by atoms with van der Waals surface area (Å²) in [6.45, 7) is 6.37. The Morgan fingerprint density at radius 2 is 0.542 bits per heavy atom. The van der Waals surface area contributed by atoms with Crippen LogP contribution in [0.2, 0.25) is 0 Å². The first kappa shape index (κ1) is 68.1. The number of esters is 3. The minimum atomic E-state index is -0.788. The molecule has 0 N–H and O–H groups in total. The van der Waals surface area contributed by atoms with Crippen molar-refractivity contribution in [2.75, 3.05) is 13.2 Å². The zero-order valence-corrected chi connectivity index (χ0v) is 46.9. The third kappa shape index (κ3) is 57.0. The number of hydrogen-bond acceptors (Lipinski definition) is 6. The number of rotatable bonds is 53. The van der Waals surface area contributed by atoms with Gasteiger partial charge in [0.1, 0.15) is 13.2 Å². The molecule has 0 amide bonds. The van der Waals surface area contributed by atoms with E-state index in [2.05, 4.69) is 130 Å². The second-order valence-electron chi connectivity index (χ2n) is 19.5. The largest absolute Gasteiger partial charge is 0.462 e. The second kappa shape index (κ2) is 59.6. The molecular weight excluding hydrogens is 889 g/mol. The van der Waals surface area contributed by atoms with Crippen molar-refractivity contribution in [2.45, 2.75) is 277 Å². The van der Waals surface area contributed by atoms with Crippen molar-refractivity contribution < 1.29 is 28.6 Å². The van der Waals surface area contributed by atoms with Gasteiger partial charge < -0.3 is 14.2 Å². The van der Waals surface area contributed by atoms with Gasteiger partial charge >= 0.3 is 17.9 Å². The Labute approximate surface area is 444 Å². The van der Waals surface area contributed by atoms with Crippen LogP contribution in [0.25, 0.3) is 0 Å². The first-order valence-electron chi connectivity index (χ1n) is 29.9. The van der Waals surface area contributed by atoms with Crippen molar-refractivity contribution in [1.29, 1.82) is 0 Å². The van der Waals surface area contributed by atoms with Crippen molar-refractivity contribution in [3.63, 3.8) is 0 Å². The zero-order valence-electron chi connectivity index (χ0n) is 46.9. The number of unbranched alkanes of at least 4 members (excludes halogenated alkanes) is 24. The normalized spacial score (nSPS) is 12.9. The van der Waals surface area contributed by atoms with E-state index in [9.17, 15) is 14.4 Å². The first-order chi connectivity index (χ1) is 35.5. The monoisotopic (exact) mass is 999 g/mol. The number of carbonyl (C=O) groups excluding carboxylic acids is 3. The molecule has 0 aromatic carbocycles. The maximum atomic E-state index is 12.8. The average molecular weight is 1000 g/mol. The molecule has 1 atom stereocenters. The Hall–Kier alpha value is -3.93. The van der Waals surface area contributed by atoms with Crippen LogP contribution in [0, 0.1) is 0 Å². The SMILES string of the molecule is CC/C=C\C/C=C\C/C=C\C/C=C\C/C=C\CCCCCCCC(=O)OC(COC(=O)CCCCCCCCCC)COC(=O)CCCCCCCCCCCCCC/C=C\C/C=C\C/C=C\C/C=C\CC.